The highest BCUT2D eigenvalue weighted by atomic mass is 16.2. The largest absolute Gasteiger partial charge is 0.351 e. The molecule has 2 aliphatic heterocycles. The molecule has 0 saturated carbocycles. The molecule has 2 saturated heterocycles. The molecule has 3 rings (SSSR count). The molecule has 2 heterocycles. The molecule has 186 valence electrons. The lowest BCUT2D eigenvalue weighted by molar-refractivity contribution is -0.125. The first-order chi connectivity index (χ1) is 16.2. The monoisotopic (exact) mass is 470 g/mol. The zero-order chi connectivity index (χ0) is 24.8. The van der Waals surface area contributed by atoms with E-state index in [1.54, 1.807) is 34.1 Å². The second-order valence-electron chi connectivity index (χ2n) is 10.1. The van der Waals surface area contributed by atoms with Crippen LogP contribution in [-0.2, 0) is 9.59 Å². The lowest BCUT2D eigenvalue weighted by Crippen LogP contribution is -2.50. The maximum Gasteiger partial charge on any atom is 0.253 e. The zero-order valence-corrected chi connectivity index (χ0v) is 20.8. The van der Waals surface area contributed by atoms with Crippen molar-refractivity contribution in [3.8, 4) is 0 Å². The lowest BCUT2D eigenvalue weighted by atomic mass is 10.0. The first-order valence-corrected chi connectivity index (χ1v) is 12.4. The minimum Gasteiger partial charge on any atom is -0.351 e. The summed E-state index contributed by atoms with van der Waals surface area (Å²) in [4.78, 5) is 53.6. The Hall–Kier alpha value is -2.90. The Morgan fingerprint density at radius 2 is 1.06 bits per heavy atom. The number of amides is 4. The molecule has 34 heavy (non-hydrogen) atoms. The second kappa shape index (κ2) is 11.5. The average Bonchev–Trinajstić information content (AvgIpc) is 2.83. The van der Waals surface area contributed by atoms with E-state index in [1.807, 2.05) is 27.7 Å². The van der Waals surface area contributed by atoms with Gasteiger partial charge >= 0.3 is 0 Å². The van der Waals surface area contributed by atoms with Gasteiger partial charge in [0.15, 0.2) is 0 Å². The number of benzene rings is 1. The molecule has 2 fully saturated rings. The average molecular weight is 471 g/mol. The van der Waals surface area contributed by atoms with Crippen molar-refractivity contribution in [2.45, 2.75) is 65.5 Å². The first-order valence-electron chi connectivity index (χ1n) is 12.4. The number of rotatable bonds is 6. The van der Waals surface area contributed by atoms with Gasteiger partial charge in [0.25, 0.3) is 11.8 Å². The van der Waals surface area contributed by atoms with Gasteiger partial charge in [-0.25, -0.2) is 0 Å². The summed E-state index contributed by atoms with van der Waals surface area (Å²) < 4.78 is 0. The number of nitrogens with one attached hydrogen (secondary N) is 2. The lowest BCUT2D eigenvalue weighted by Gasteiger charge is -2.34. The van der Waals surface area contributed by atoms with E-state index in [-0.39, 0.29) is 47.5 Å². The molecule has 1 aromatic carbocycles. The van der Waals surface area contributed by atoms with Gasteiger partial charge in [-0.1, -0.05) is 27.7 Å². The van der Waals surface area contributed by atoms with E-state index in [1.165, 1.54) is 0 Å². The van der Waals surface area contributed by atoms with Crippen molar-refractivity contribution in [2.24, 2.45) is 11.8 Å². The molecule has 0 aliphatic carbocycles. The number of likely N-dealkylation sites (tertiary alicyclic amines) is 2. The summed E-state index contributed by atoms with van der Waals surface area (Å²) in [7, 11) is 0. The van der Waals surface area contributed by atoms with Crippen LogP contribution in [0.4, 0.5) is 0 Å². The Bertz CT molecular complexity index is 824. The Balaban J connectivity index is 1.58. The SMILES string of the molecule is CC(C)C(=O)NC1CCCN(C(=O)c2ccc(C(=O)N3CCCC(NC(=O)C(C)C)C3)cc2)C1. The molecular formula is C26H38N4O4. The molecule has 4 amide bonds. The minimum absolute atomic E-state index is 0.00545. The minimum atomic E-state index is -0.0862. The van der Waals surface area contributed by atoms with Crippen molar-refractivity contribution in [3.05, 3.63) is 35.4 Å². The van der Waals surface area contributed by atoms with Gasteiger partial charge in [0.2, 0.25) is 11.8 Å². The molecule has 0 radical (unpaired) electrons. The second-order valence-corrected chi connectivity index (χ2v) is 10.1. The number of carbonyl (C=O) groups is 4. The number of hydrogen-bond donors (Lipinski definition) is 2. The molecule has 2 unspecified atom stereocenters. The fourth-order valence-corrected chi connectivity index (χ4v) is 4.42. The molecule has 2 atom stereocenters. The highest BCUT2D eigenvalue weighted by Crippen LogP contribution is 2.18. The van der Waals surface area contributed by atoms with Crippen LogP contribution in [0.1, 0.15) is 74.1 Å². The summed E-state index contributed by atoms with van der Waals surface area (Å²) in [5, 5.41) is 6.05. The third-order valence-corrected chi connectivity index (χ3v) is 6.54. The fraction of sp³-hybridized carbons (Fsp3) is 0.615. The van der Waals surface area contributed by atoms with Crippen LogP contribution in [0, 0.1) is 11.8 Å². The van der Waals surface area contributed by atoms with Crippen molar-refractivity contribution in [1.29, 1.82) is 0 Å². The van der Waals surface area contributed by atoms with Crippen LogP contribution in [0.3, 0.4) is 0 Å². The van der Waals surface area contributed by atoms with Crippen LogP contribution in [0.5, 0.6) is 0 Å². The number of hydrogen-bond acceptors (Lipinski definition) is 4. The molecule has 1 aromatic rings. The topological polar surface area (TPSA) is 98.8 Å². The van der Waals surface area contributed by atoms with Crippen molar-refractivity contribution in [2.75, 3.05) is 26.2 Å². The van der Waals surface area contributed by atoms with E-state index < -0.39 is 0 Å². The standard InChI is InChI=1S/C26H38N4O4/c1-17(2)23(31)27-21-7-5-13-29(15-21)25(33)19-9-11-20(12-10-19)26(34)30-14-6-8-22(16-30)28-24(32)18(3)4/h9-12,17-18,21-22H,5-8,13-16H2,1-4H3,(H,27,31)(H,28,32). The van der Waals surface area contributed by atoms with Crippen LogP contribution in [0.25, 0.3) is 0 Å². The summed E-state index contributed by atoms with van der Waals surface area (Å²) in [6.07, 6.45) is 3.41. The molecule has 0 bridgehead atoms. The van der Waals surface area contributed by atoms with Crippen molar-refractivity contribution in [1.82, 2.24) is 20.4 Å². The third-order valence-electron chi connectivity index (χ3n) is 6.54. The van der Waals surface area contributed by atoms with Gasteiger partial charge in [-0.2, -0.15) is 0 Å². The van der Waals surface area contributed by atoms with Crippen LogP contribution < -0.4 is 10.6 Å². The van der Waals surface area contributed by atoms with E-state index in [9.17, 15) is 19.2 Å². The van der Waals surface area contributed by atoms with Gasteiger partial charge in [0, 0.05) is 61.2 Å². The summed E-state index contributed by atoms with van der Waals surface area (Å²) >= 11 is 0. The summed E-state index contributed by atoms with van der Waals surface area (Å²) in [5.74, 6) is -0.332. The van der Waals surface area contributed by atoms with Crippen molar-refractivity contribution >= 4 is 23.6 Å². The van der Waals surface area contributed by atoms with Crippen LogP contribution >= 0.6 is 0 Å². The number of nitrogens with zero attached hydrogens (tertiary/aromatic N) is 2. The van der Waals surface area contributed by atoms with Gasteiger partial charge in [-0.3, -0.25) is 19.2 Å². The predicted octanol–water partition coefficient (Wildman–Crippen LogP) is 2.44. The van der Waals surface area contributed by atoms with Crippen molar-refractivity contribution in [3.63, 3.8) is 0 Å². The summed E-state index contributed by atoms with van der Waals surface area (Å²) in [6.45, 7) is 9.73. The number of piperidine rings is 2. The third kappa shape index (κ3) is 6.58. The molecule has 0 spiro atoms. The quantitative estimate of drug-likeness (QED) is 0.667. The molecule has 2 aliphatic rings. The molecule has 2 N–H and O–H groups in total. The normalized spacial score (nSPS) is 20.9. The molecule has 8 nitrogen and oxygen atoms in total. The number of carbonyl (C=O) groups excluding carboxylic acids is 4. The van der Waals surface area contributed by atoms with Gasteiger partial charge in [0.05, 0.1) is 0 Å². The van der Waals surface area contributed by atoms with Gasteiger partial charge < -0.3 is 20.4 Å². The Labute approximate surface area is 202 Å². The van der Waals surface area contributed by atoms with E-state index in [0.29, 0.717) is 37.3 Å². The highest BCUT2D eigenvalue weighted by molar-refractivity contribution is 5.98. The Morgan fingerprint density at radius 1 is 0.706 bits per heavy atom. The van der Waals surface area contributed by atoms with Crippen LogP contribution in [0.15, 0.2) is 24.3 Å². The van der Waals surface area contributed by atoms with Crippen LogP contribution in [-0.4, -0.2) is 71.7 Å². The Kier molecular flexibility index (Phi) is 8.69. The van der Waals surface area contributed by atoms with Crippen LogP contribution in [0.2, 0.25) is 0 Å². The zero-order valence-electron chi connectivity index (χ0n) is 20.8. The van der Waals surface area contributed by atoms with Gasteiger partial charge in [0.1, 0.15) is 0 Å². The summed E-state index contributed by atoms with van der Waals surface area (Å²) in [6, 6.07) is 6.75. The molecule has 8 heteroatoms. The van der Waals surface area contributed by atoms with E-state index in [4.69, 9.17) is 0 Å². The van der Waals surface area contributed by atoms with Crippen molar-refractivity contribution < 1.29 is 19.2 Å². The van der Waals surface area contributed by atoms with E-state index in [2.05, 4.69) is 10.6 Å². The maximum absolute atomic E-state index is 13.0. The predicted molar refractivity (Wildman–Crippen MR) is 130 cm³/mol. The van der Waals surface area contributed by atoms with Gasteiger partial charge in [-0.05, 0) is 49.9 Å². The van der Waals surface area contributed by atoms with Gasteiger partial charge in [-0.15, -0.1) is 0 Å². The maximum atomic E-state index is 13.0. The Morgan fingerprint density at radius 3 is 1.38 bits per heavy atom. The highest BCUT2D eigenvalue weighted by Gasteiger charge is 2.28. The van der Waals surface area contributed by atoms with E-state index >= 15 is 0 Å². The molecule has 0 aromatic heterocycles. The first kappa shape index (κ1) is 25.7. The molecular weight excluding hydrogens is 432 g/mol. The van der Waals surface area contributed by atoms with E-state index in [0.717, 1.165) is 25.7 Å². The smallest absolute Gasteiger partial charge is 0.253 e. The fourth-order valence-electron chi connectivity index (χ4n) is 4.42. The summed E-state index contributed by atoms with van der Waals surface area (Å²) in [5.41, 5.74) is 1.07.